The fraction of sp³-hybridized carbons (Fsp3) is 0.462. The van der Waals surface area contributed by atoms with Crippen LogP contribution in [0.25, 0.3) is 0 Å². The van der Waals surface area contributed by atoms with Gasteiger partial charge in [0, 0.05) is 19.1 Å². The maximum absolute atomic E-state index is 12.0. The number of anilines is 1. The number of hydrogen-bond donors (Lipinski definition) is 2. The van der Waals surface area contributed by atoms with Crippen LogP contribution in [-0.4, -0.2) is 55.7 Å². The molecule has 19 heavy (non-hydrogen) atoms. The average molecular weight is 284 g/mol. The SMILES string of the molecule is COCC(O)CN(C)C(=O)Nc1ccccc1SC. The zero-order chi connectivity index (χ0) is 14.3. The monoisotopic (exact) mass is 284 g/mol. The highest BCUT2D eigenvalue weighted by molar-refractivity contribution is 7.98. The van der Waals surface area contributed by atoms with Crippen molar-refractivity contribution in [1.82, 2.24) is 4.90 Å². The Morgan fingerprint density at radius 1 is 1.53 bits per heavy atom. The van der Waals surface area contributed by atoms with Gasteiger partial charge in [-0.05, 0) is 18.4 Å². The Morgan fingerprint density at radius 2 is 2.21 bits per heavy atom. The first-order valence-corrected chi connectivity index (χ1v) is 7.13. The lowest BCUT2D eigenvalue weighted by Gasteiger charge is -2.21. The molecule has 0 spiro atoms. The van der Waals surface area contributed by atoms with E-state index in [1.807, 2.05) is 30.5 Å². The summed E-state index contributed by atoms with van der Waals surface area (Å²) in [6.07, 6.45) is 1.27. The number of nitrogens with one attached hydrogen (secondary N) is 1. The molecule has 6 heteroatoms. The van der Waals surface area contributed by atoms with Gasteiger partial charge in [0.2, 0.25) is 0 Å². The number of thioether (sulfide) groups is 1. The molecular formula is C13H20N2O3S. The summed E-state index contributed by atoms with van der Waals surface area (Å²) in [6.45, 7) is 0.431. The zero-order valence-electron chi connectivity index (χ0n) is 11.4. The molecule has 106 valence electrons. The number of ether oxygens (including phenoxy) is 1. The fourth-order valence-corrected chi connectivity index (χ4v) is 2.16. The predicted octanol–water partition coefficient (Wildman–Crippen LogP) is 1.88. The first-order chi connectivity index (χ1) is 9.08. The van der Waals surface area contributed by atoms with Crippen molar-refractivity contribution in [3.05, 3.63) is 24.3 Å². The minimum atomic E-state index is -0.684. The Bertz CT molecular complexity index is 415. The van der Waals surface area contributed by atoms with Gasteiger partial charge in [-0.15, -0.1) is 11.8 Å². The first kappa shape index (κ1) is 15.8. The summed E-state index contributed by atoms with van der Waals surface area (Å²) in [5.41, 5.74) is 0.771. The largest absolute Gasteiger partial charge is 0.389 e. The Labute approximate surface area is 117 Å². The van der Waals surface area contributed by atoms with Crippen LogP contribution in [0.1, 0.15) is 0 Å². The standard InChI is InChI=1S/C13H20N2O3S/c1-15(8-10(16)9-18-2)13(17)14-11-6-4-5-7-12(11)19-3/h4-7,10,16H,8-9H2,1-3H3,(H,14,17). The molecule has 0 aromatic heterocycles. The van der Waals surface area contributed by atoms with E-state index in [4.69, 9.17) is 4.74 Å². The van der Waals surface area contributed by atoms with Gasteiger partial charge in [0.25, 0.3) is 0 Å². The number of methoxy groups -OCH3 is 1. The molecule has 0 aliphatic rings. The second-order valence-corrected chi connectivity index (χ2v) is 4.97. The second kappa shape index (κ2) is 8.04. The van der Waals surface area contributed by atoms with E-state index in [9.17, 15) is 9.90 Å². The van der Waals surface area contributed by atoms with Gasteiger partial charge < -0.3 is 20.1 Å². The molecule has 0 saturated carbocycles. The molecule has 0 bridgehead atoms. The van der Waals surface area contributed by atoms with E-state index in [1.54, 1.807) is 18.8 Å². The molecule has 2 amide bonds. The van der Waals surface area contributed by atoms with Crippen molar-refractivity contribution in [3.63, 3.8) is 0 Å². The average Bonchev–Trinajstić information content (AvgIpc) is 2.39. The van der Waals surface area contributed by atoms with Crippen LogP contribution in [-0.2, 0) is 4.74 Å². The zero-order valence-corrected chi connectivity index (χ0v) is 12.2. The molecule has 0 fully saturated rings. The molecule has 1 aromatic rings. The number of nitrogens with zero attached hydrogens (tertiary/aromatic N) is 1. The third kappa shape index (κ3) is 5.10. The van der Waals surface area contributed by atoms with Crippen molar-refractivity contribution >= 4 is 23.5 Å². The van der Waals surface area contributed by atoms with Crippen LogP contribution in [0.5, 0.6) is 0 Å². The van der Waals surface area contributed by atoms with Crippen LogP contribution in [0.4, 0.5) is 10.5 Å². The van der Waals surface area contributed by atoms with E-state index in [0.717, 1.165) is 10.6 Å². The summed E-state index contributed by atoms with van der Waals surface area (Å²) in [7, 11) is 3.15. The number of amides is 2. The summed E-state index contributed by atoms with van der Waals surface area (Å²) in [5.74, 6) is 0. The first-order valence-electron chi connectivity index (χ1n) is 5.90. The summed E-state index contributed by atoms with van der Waals surface area (Å²) in [4.78, 5) is 14.4. The van der Waals surface area contributed by atoms with Gasteiger partial charge in [0.15, 0.2) is 0 Å². The molecule has 2 N–H and O–H groups in total. The van der Waals surface area contributed by atoms with Gasteiger partial charge >= 0.3 is 6.03 Å². The number of carbonyl (C=O) groups is 1. The van der Waals surface area contributed by atoms with Crippen LogP contribution in [0.3, 0.4) is 0 Å². The van der Waals surface area contributed by atoms with Crippen LogP contribution in [0.2, 0.25) is 0 Å². The minimum absolute atomic E-state index is 0.207. The Hall–Kier alpha value is -1.24. The Morgan fingerprint density at radius 3 is 2.84 bits per heavy atom. The number of rotatable bonds is 6. The number of hydrogen-bond acceptors (Lipinski definition) is 4. The molecule has 0 heterocycles. The third-order valence-electron chi connectivity index (χ3n) is 2.54. The summed E-state index contributed by atoms with van der Waals surface area (Å²) >= 11 is 1.57. The number of aliphatic hydroxyl groups is 1. The molecule has 0 radical (unpaired) electrons. The number of aliphatic hydroxyl groups excluding tert-OH is 1. The third-order valence-corrected chi connectivity index (χ3v) is 3.33. The molecular weight excluding hydrogens is 264 g/mol. The second-order valence-electron chi connectivity index (χ2n) is 4.12. The van der Waals surface area contributed by atoms with Crippen LogP contribution in [0, 0.1) is 0 Å². The van der Waals surface area contributed by atoms with Gasteiger partial charge in [-0.3, -0.25) is 0 Å². The number of para-hydroxylation sites is 1. The fourth-order valence-electron chi connectivity index (χ4n) is 1.60. The highest BCUT2D eigenvalue weighted by Crippen LogP contribution is 2.24. The van der Waals surface area contributed by atoms with Crippen LogP contribution >= 0.6 is 11.8 Å². The summed E-state index contributed by atoms with van der Waals surface area (Å²) in [6, 6.07) is 7.34. The molecule has 5 nitrogen and oxygen atoms in total. The van der Waals surface area contributed by atoms with E-state index in [1.165, 1.54) is 12.0 Å². The number of urea groups is 1. The lowest BCUT2D eigenvalue weighted by molar-refractivity contribution is 0.0501. The Kier molecular flexibility index (Phi) is 6.69. The van der Waals surface area contributed by atoms with Gasteiger partial charge in [-0.1, -0.05) is 12.1 Å². The van der Waals surface area contributed by atoms with Crippen molar-refractivity contribution in [2.75, 3.05) is 38.9 Å². The van der Waals surface area contributed by atoms with Gasteiger partial charge in [0.1, 0.15) is 0 Å². The lowest BCUT2D eigenvalue weighted by Crippen LogP contribution is -2.38. The lowest BCUT2D eigenvalue weighted by atomic mass is 10.3. The van der Waals surface area contributed by atoms with E-state index >= 15 is 0 Å². The molecule has 0 saturated heterocycles. The summed E-state index contributed by atoms with van der Waals surface area (Å²) in [5, 5.41) is 12.4. The van der Waals surface area contributed by atoms with Crippen molar-refractivity contribution in [2.45, 2.75) is 11.0 Å². The normalized spacial score (nSPS) is 12.0. The maximum atomic E-state index is 12.0. The van der Waals surface area contributed by atoms with Gasteiger partial charge in [-0.2, -0.15) is 0 Å². The molecule has 1 aromatic carbocycles. The number of benzene rings is 1. The highest BCUT2D eigenvalue weighted by atomic mass is 32.2. The van der Waals surface area contributed by atoms with Crippen molar-refractivity contribution in [1.29, 1.82) is 0 Å². The van der Waals surface area contributed by atoms with Crippen molar-refractivity contribution in [2.24, 2.45) is 0 Å². The van der Waals surface area contributed by atoms with Crippen LogP contribution < -0.4 is 5.32 Å². The van der Waals surface area contributed by atoms with E-state index < -0.39 is 6.10 Å². The van der Waals surface area contributed by atoms with Crippen molar-refractivity contribution < 1.29 is 14.6 Å². The van der Waals surface area contributed by atoms with Crippen molar-refractivity contribution in [3.8, 4) is 0 Å². The highest BCUT2D eigenvalue weighted by Gasteiger charge is 2.14. The summed E-state index contributed by atoms with van der Waals surface area (Å²) < 4.78 is 4.83. The van der Waals surface area contributed by atoms with E-state index in [-0.39, 0.29) is 19.2 Å². The van der Waals surface area contributed by atoms with Gasteiger partial charge in [0.05, 0.1) is 24.9 Å². The van der Waals surface area contributed by atoms with E-state index in [2.05, 4.69) is 5.32 Å². The smallest absolute Gasteiger partial charge is 0.321 e. The maximum Gasteiger partial charge on any atom is 0.321 e. The molecule has 0 aliphatic heterocycles. The van der Waals surface area contributed by atoms with Crippen LogP contribution in [0.15, 0.2) is 29.2 Å². The van der Waals surface area contributed by atoms with E-state index in [0.29, 0.717) is 0 Å². The molecule has 0 aliphatic carbocycles. The Balaban J connectivity index is 2.58. The topological polar surface area (TPSA) is 61.8 Å². The molecule has 1 rings (SSSR count). The predicted molar refractivity (Wildman–Crippen MR) is 77.8 cm³/mol. The quantitative estimate of drug-likeness (QED) is 0.783. The molecule has 1 unspecified atom stereocenters. The number of likely N-dealkylation sites (N-methyl/N-ethyl adjacent to an activating group) is 1. The van der Waals surface area contributed by atoms with Gasteiger partial charge in [-0.25, -0.2) is 4.79 Å². The minimum Gasteiger partial charge on any atom is -0.389 e. The molecule has 1 atom stereocenters. The number of carbonyl (C=O) groups excluding carboxylic acids is 1.